The molecular weight excluding hydrogens is 265 g/mol. The highest BCUT2D eigenvalue weighted by atomic mass is 79.9. The van der Waals surface area contributed by atoms with Gasteiger partial charge in [0.1, 0.15) is 11.8 Å². The van der Waals surface area contributed by atoms with Crippen molar-refractivity contribution in [3.05, 3.63) is 28.8 Å². The molecular formula is C10H9BrClNO. The summed E-state index contributed by atoms with van der Waals surface area (Å²) >= 11 is 9.37. The largest absolute Gasteiger partial charge is 0.474 e. The van der Waals surface area contributed by atoms with E-state index in [0.717, 1.165) is 5.56 Å². The molecule has 0 radical (unpaired) electrons. The highest BCUT2D eigenvalue weighted by Gasteiger charge is 2.08. The van der Waals surface area contributed by atoms with Crippen LogP contribution in [0.15, 0.2) is 18.2 Å². The predicted molar refractivity (Wildman–Crippen MR) is 59.8 cm³/mol. The molecule has 0 saturated carbocycles. The molecule has 1 aromatic rings. The van der Waals surface area contributed by atoms with Crippen molar-refractivity contribution in [1.29, 1.82) is 5.26 Å². The molecule has 74 valence electrons. The van der Waals surface area contributed by atoms with Crippen LogP contribution in [0, 0.1) is 11.3 Å². The van der Waals surface area contributed by atoms with Crippen LogP contribution in [-0.4, -0.2) is 6.10 Å². The van der Waals surface area contributed by atoms with Gasteiger partial charge in [-0.1, -0.05) is 39.7 Å². The maximum atomic E-state index is 8.59. The first-order chi connectivity index (χ1) is 6.69. The Kier molecular flexibility index (Phi) is 4.24. The number of alkyl halides is 1. The molecule has 0 bridgehead atoms. The molecule has 0 aromatic heterocycles. The average molecular weight is 275 g/mol. The van der Waals surface area contributed by atoms with Gasteiger partial charge >= 0.3 is 0 Å². The molecule has 1 unspecified atom stereocenters. The first-order valence-electron chi connectivity index (χ1n) is 4.08. The van der Waals surface area contributed by atoms with Crippen LogP contribution in [0.5, 0.6) is 5.75 Å². The first kappa shape index (κ1) is 11.4. The van der Waals surface area contributed by atoms with Crippen molar-refractivity contribution in [3.8, 4) is 11.8 Å². The summed E-state index contributed by atoms with van der Waals surface area (Å²) in [6.07, 6.45) is -0.488. The van der Waals surface area contributed by atoms with E-state index in [2.05, 4.69) is 15.9 Å². The average Bonchev–Trinajstić information content (AvgIpc) is 2.21. The number of hydrogen-bond donors (Lipinski definition) is 0. The molecule has 1 rings (SSSR count). The Labute approximate surface area is 96.6 Å². The standard InChI is InChI=1S/C10H9BrClNO/c1-7(6-13)14-9-4-2-3-8(5-11)10(9)12/h2-4,7H,5H2,1H3. The molecule has 2 nitrogen and oxygen atoms in total. The van der Waals surface area contributed by atoms with Crippen LogP contribution in [0.25, 0.3) is 0 Å². The van der Waals surface area contributed by atoms with E-state index in [-0.39, 0.29) is 0 Å². The third-order valence-corrected chi connectivity index (χ3v) is 2.71. The van der Waals surface area contributed by atoms with Crippen LogP contribution in [0.4, 0.5) is 0 Å². The van der Waals surface area contributed by atoms with Crippen LogP contribution >= 0.6 is 27.5 Å². The lowest BCUT2D eigenvalue weighted by Crippen LogP contribution is -2.08. The van der Waals surface area contributed by atoms with Crippen molar-refractivity contribution >= 4 is 27.5 Å². The molecule has 0 saturated heterocycles. The highest BCUT2D eigenvalue weighted by Crippen LogP contribution is 2.30. The zero-order chi connectivity index (χ0) is 10.6. The van der Waals surface area contributed by atoms with E-state index < -0.39 is 6.10 Å². The van der Waals surface area contributed by atoms with Gasteiger partial charge < -0.3 is 4.74 Å². The van der Waals surface area contributed by atoms with Crippen molar-refractivity contribution in [3.63, 3.8) is 0 Å². The summed E-state index contributed by atoms with van der Waals surface area (Å²) in [6, 6.07) is 7.49. The van der Waals surface area contributed by atoms with Gasteiger partial charge in [0, 0.05) is 5.33 Å². The van der Waals surface area contributed by atoms with Gasteiger partial charge in [-0.2, -0.15) is 5.26 Å². The number of hydrogen-bond acceptors (Lipinski definition) is 2. The smallest absolute Gasteiger partial charge is 0.181 e. The normalized spacial score (nSPS) is 11.9. The minimum absolute atomic E-state index is 0.488. The molecule has 0 aliphatic carbocycles. The van der Waals surface area contributed by atoms with E-state index in [1.165, 1.54) is 0 Å². The van der Waals surface area contributed by atoms with Crippen molar-refractivity contribution in [2.24, 2.45) is 0 Å². The topological polar surface area (TPSA) is 33.0 Å². The van der Waals surface area contributed by atoms with E-state index in [9.17, 15) is 0 Å². The van der Waals surface area contributed by atoms with Crippen LogP contribution in [0.1, 0.15) is 12.5 Å². The Morgan fingerprint density at radius 3 is 2.93 bits per heavy atom. The third kappa shape index (κ3) is 2.63. The number of nitrogens with zero attached hydrogens (tertiary/aromatic N) is 1. The molecule has 4 heteroatoms. The van der Waals surface area contributed by atoms with Gasteiger partial charge in [0.25, 0.3) is 0 Å². The lowest BCUT2D eigenvalue weighted by molar-refractivity contribution is 0.276. The van der Waals surface area contributed by atoms with Gasteiger partial charge in [-0.15, -0.1) is 0 Å². The summed E-state index contributed by atoms with van der Waals surface area (Å²) in [5.74, 6) is 0.553. The van der Waals surface area contributed by atoms with Crippen LogP contribution in [-0.2, 0) is 5.33 Å². The Balaban J connectivity index is 2.93. The summed E-state index contributed by atoms with van der Waals surface area (Å²) in [4.78, 5) is 0. The fourth-order valence-electron chi connectivity index (χ4n) is 0.967. The van der Waals surface area contributed by atoms with Crippen molar-refractivity contribution in [2.45, 2.75) is 18.4 Å². The van der Waals surface area contributed by atoms with Gasteiger partial charge in [0.15, 0.2) is 6.10 Å². The summed E-state index contributed by atoms with van der Waals surface area (Å²) in [5.41, 5.74) is 0.953. The van der Waals surface area contributed by atoms with E-state index in [4.69, 9.17) is 21.6 Å². The summed E-state index contributed by atoms with van der Waals surface area (Å²) in [7, 11) is 0. The maximum Gasteiger partial charge on any atom is 0.181 e. The molecule has 0 heterocycles. The monoisotopic (exact) mass is 273 g/mol. The van der Waals surface area contributed by atoms with Crippen molar-refractivity contribution < 1.29 is 4.74 Å². The zero-order valence-electron chi connectivity index (χ0n) is 7.63. The van der Waals surface area contributed by atoms with Gasteiger partial charge in [-0.25, -0.2) is 0 Å². The van der Waals surface area contributed by atoms with Crippen LogP contribution in [0.2, 0.25) is 5.02 Å². The van der Waals surface area contributed by atoms with E-state index in [1.54, 1.807) is 13.0 Å². The summed E-state index contributed by atoms with van der Waals surface area (Å²) in [5, 5.41) is 9.82. The Hall–Kier alpha value is -0.720. The Morgan fingerprint density at radius 1 is 1.64 bits per heavy atom. The van der Waals surface area contributed by atoms with Gasteiger partial charge in [-0.3, -0.25) is 0 Å². The molecule has 0 aliphatic rings. The fraction of sp³-hybridized carbons (Fsp3) is 0.300. The quantitative estimate of drug-likeness (QED) is 0.790. The fourth-order valence-corrected chi connectivity index (χ4v) is 1.83. The second-order valence-electron chi connectivity index (χ2n) is 2.75. The zero-order valence-corrected chi connectivity index (χ0v) is 9.97. The van der Waals surface area contributed by atoms with Gasteiger partial charge in [0.2, 0.25) is 0 Å². The molecule has 0 spiro atoms. The lowest BCUT2D eigenvalue weighted by Gasteiger charge is -2.10. The molecule has 0 aliphatic heterocycles. The SMILES string of the molecule is CC(C#N)Oc1cccc(CBr)c1Cl. The minimum atomic E-state index is -0.488. The molecule has 0 amide bonds. The number of benzene rings is 1. The summed E-state index contributed by atoms with van der Waals surface area (Å²) in [6.45, 7) is 1.68. The molecule has 0 N–H and O–H groups in total. The van der Waals surface area contributed by atoms with E-state index in [0.29, 0.717) is 16.1 Å². The molecule has 0 fully saturated rings. The second-order valence-corrected chi connectivity index (χ2v) is 3.69. The number of ether oxygens (including phenoxy) is 1. The second kappa shape index (κ2) is 5.23. The van der Waals surface area contributed by atoms with E-state index >= 15 is 0 Å². The third-order valence-electron chi connectivity index (χ3n) is 1.67. The number of rotatable bonds is 3. The van der Waals surface area contributed by atoms with Crippen LogP contribution in [0.3, 0.4) is 0 Å². The highest BCUT2D eigenvalue weighted by molar-refractivity contribution is 9.08. The Morgan fingerprint density at radius 2 is 2.36 bits per heavy atom. The van der Waals surface area contributed by atoms with Gasteiger partial charge in [-0.05, 0) is 18.6 Å². The summed E-state index contributed by atoms with van der Waals surface area (Å²) < 4.78 is 5.32. The first-order valence-corrected chi connectivity index (χ1v) is 5.58. The lowest BCUT2D eigenvalue weighted by atomic mass is 10.2. The van der Waals surface area contributed by atoms with Crippen molar-refractivity contribution in [2.75, 3.05) is 0 Å². The van der Waals surface area contributed by atoms with E-state index in [1.807, 2.05) is 18.2 Å². The number of halogens is 2. The number of nitriles is 1. The van der Waals surface area contributed by atoms with Gasteiger partial charge in [0.05, 0.1) is 5.02 Å². The molecule has 14 heavy (non-hydrogen) atoms. The molecule has 1 aromatic carbocycles. The van der Waals surface area contributed by atoms with Crippen molar-refractivity contribution in [1.82, 2.24) is 0 Å². The maximum absolute atomic E-state index is 8.59. The Bertz CT molecular complexity index is 362. The predicted octanol–water partition coefficient (Wildman–Crippen LogP) is 3.53. The molecule has 1 atom stereocenters. The van der Waals surface area contributed by atoms with Crippen LogP contribution < -0.4 is 4.74 Å². The minimum Gasteiger partial charge on any atom is -0.474 e.